The van der Waals surface area contributed by atoms with E-state index in [1.54, 1.807) is 0 Å². The number of nitrogens with zero attached hydrogens (tertiary/aromatic N) is 4. The fourth-order valence-corrected chi connectivity index (χ4v) is 2.01. The van der Waals surface area contributed by atoms with Gasteiger partial charge in [0, 0.05) is 6.07 Å². The maximum Gasteiger partial charge on any atom is 0.273 e. The molecule has 0 atom stereocenters. The normalized spacial score (nSPS) is 10.7. The van der Waals surface area contributed by atoms with Crippen molar-refractivity contribution in [2.24, 2.45) is 0 Å². The first-order valence-electron chi connectivity index (χ1n) is 5.63. The van der Waals surface area contributed by atoms with Gasteiger partial charge in [0.25, 0.3) is 11.6 Å². The number of non-ortho nitro benzene ring substituents is 1. The molecule has 0 amide bonds. The molecule has 0 saturated carbocycles. The first-order valence-corrected chi connectivity index (χ1v) is 6.42. The van der Waals surface area contributed by atoms with Gasteiger partial charge in [-0.2, -0.15) is 9.97 Å². The Hall–Kier alpha value is -2.75. The van der Waals surface area contributed by atoms with Crippen molar-refractivity contribution < 1.29 is 9.66 Å². The number of aromatic nitrogens is 4. The van der Waals surface area contributed by atoms with Crippen LogP contribution in [0.4, 0.5) is 11.6 Å². The Morgan fingerprint density at radius 3 is 2.95 bits per heavy atom. The first-order chi connectivity index (χ1) is 10.0. The second-order valence-corrected chi connectivity index (χ2v) is 4.82. The molecule has 0 unspecified atom stereocenters. The zero-order valence-electron chi connectivity index (χ0n) is 10.3. The average Bonchev–Trinajstić information content (AvgIpc) is 2.89. The molecule has 10 heteroatoms. The quantitative estimate of drug-likeness (QED) is 0.547. The SMILES string of the molecule is Nc1nc(Oc2cc([N+](=O)[O-])ccc2Br)c2[nH]cnc2n1. The van der Waals surface area contributed by atoms with E-state index in [9.17, 15) is 10.1 Å². The Bertz CT molecular complexity index is 849. The van der Waals surface area contributed by atoms with E-state index in [-0.39, 0.29) is 23.3 Å². The van der Waals surface area contributed by atoms with Crippen LogP contribution in [0, 0.1) is 10.1 Å². The number of benzene rings is 1. The smallest absolute Gasteiger partial charge is 0.273 e. The minimum absolute atomic E-state index is 0.00819. The van der Waals surface area contributed by atoms with E-state index in [2.05, 4.69) is 35.9 Å². The Balaban J connectivity index is 2.08. The number of halogens is 1. The summed E-state index contributed by atoms with van der Waals surface area (Å²) in [4.78, 5) is 25.0. The third-order valence-corrected chi connectivity index (χ3v) is 3.26. The van der Waals surface area contributed by atoms with Crippen molar-refractivity contribution in [1.29, 1.82) is 0 Å². The molecule has 0 aliphatic carbocycles. The van der Waals surface area contributed by atoms with E-state index < -0.39 is 4.92 Å². The summed E-state index contributed by atoms with van der Waals surface area (Å²) < 4.78 is 6.14. The molecule has 0 spiro atoms. The molecule has 0 aliphatic rings. The van der Waals surface area contributed by atoms with Gasteiger partial charge in [0.2, 0.25) is 5.95 Å². The summed E-state index contributed by atoms with van der Waals surface area (Å²) in [5.74, 6) is 0.362. The number of nitrogens with one attached hydrogen (secondary N) is 1. The highest BCUT2D eigenvalue weighted by Crippen LogP contribution is 2.34. The summed E-state index contributed by atoms with van der Waals surface area (Å²) in [6.45, 7) is 0. The molecule has 9 nitrogen and oxygen atoms in total. The van der Waals surface area contributed by atoms with Gasteiger partial charge in [-0.1, -0.05) is 0 Å². The molecule has 3 aromatic rings. The van der Waals surface area contributed by atoms with Crippen LogP contribution in [0.3, 0.4) is 0 Å². The van der Waals surface area contributed by atoms with Gasteiger partial charge in [-0.15, -0.1) is 0 Å². The van der Waals surface area contributed by atoms with Crippen LogP contribution in [0.2, 0.25) is 0 Å². The summed E-state index contributed by atoms with van der Waals surface area (Å²) in [6, 6.07) is 4.16. The number of imidazole rings is 1. The number of aromatic amines is 1. The summed E-state index contributed by atoms with van der Waals surface area (Å²) in [5.41, 5.74) is 6.27. The van der Waals surface area contributed by atoms with Gasteiger partial charge < -0.3 is 15.5 Å². The Morgan fingerprint density at radius 2 is 2.19 bits per heavy atom. The van der Waals surface area contributed by atoms with Crippen molar-refractivity contribution in [1.82, 2.24) is 19.9 Å². The van der Waals surface area contributed by atoms with Crippen molar-refractivity contribution in [3.63, 3.8) is 0 Å². The number of nitrogen functional groups attached to an aromatic ring is 1. The van der Waals surface area contributed by atoms with Crippen LogP contribution in [0.5, 0.6) is 11.6 Å². The Kier molecular flexibility index (Phi) is 3.14. The number of anilines is 1. The number of nitrogens with two attached hydrogens (primary N) is 1. The van der Waals surface area contributed by atoms with Crippen LogP contribution in [0.25, 0.3) is 11.2 Å². The summed E-state index contributed by atoms with van der Waals surface area (Å²) >= 11 is 3.26. The third-order valence-electron chi connectivity index (χ3n) is 2.60. The topological polar surface area (TPSA) is 133 Å². The van der Waals surface area contributed by atoms with E-state index in [4.69, 9.17) is 10.5 Å². The summed E-state index contributed by atoms with van der Waals surface area (Å²) in [6.07, 6.45) is 1.42. The van der Waals surface area contributed by atoms with Gasteiger partial charge in [0.1, 0.15) is 5.52 Å². The molecular formula is C11H7BrN6O3. The molecule has 0 aliphatic heterocycles. The second-order valence-electron chi connectivity index (χ2n) is 3.96. The predicted molar refractivity (Wildman–Crippen MR) is 77.0 cm³/mol. The first kappa shape index (κ1) is 13.2. The molecule has 3 rings (SSSR count). The molecule has 21 heavy (non-hydrogen) atoms. The van der Waals surface area contributed by atoms with E-state index >= 15 is 0 Å². The lowest BCUT2D eigenvalue weighted by molar-refractivity contribution is -0.384. The number of rotatable bonds is 3. The summed E-state index contributed by atoms with van der Waals surface area (Å²) in [5, 5.41) is 10.8. The number of ether oxygens (including phenoxy) is 1. The average molecular weight is 351 g/mol. The van der Waals surface area contributed by atoms with Crippen LogP contribution in [-0.2, 0) is 0 Å². The Morgan fingerprint density at radius 1 is 1.38 bits per heavy atom. The largest absolute Gasteiger partial charge is 0.435 e. The van der Waals surface area contributed by atoms with Gasteiger partial charge in [-0.25, -0.2) is 4.98 Å². The number of hydrogen-bond acceptors (Lipinski definition) is 7. The van der Waals surface area contributed by atoms with Gasteiger partial charge in [0.05, 0.1) is 21.8 Å². The number of nitro benzene ring substituents is 1. The number of hydrogen-bond donors (Lipinski definition) is 2. The van der Waals surface area contributed by atoms with Crippen LogP contribution >= 0.6 is 15.9 Å². The fourth-order valence-electron chi connectivity index (χ4n) is 1.68. The second kappa shape index (κ2) is 4.98. The minimum Gasteiger partial charge on any atom is -0.435 e. The minimum atomic E-state index is -0.514. The molecule has 0 saturated heterocycles. The van der Waals surface area contributed by atoms with Crippen LogP contribution in [0.1, 0.15) is 0 Å². The van der Waals surface area contributed by atoms with E-state index in [1.807, 2.05) is 0 Å². The highest BCUT2D eigenvalue weighted by Gasteiger charge is 2.15. The van der Waals surface area contributed by atoms with Gasteiger partial charge >= 0.3 is 0 Å². The highest BCUT2D eigenvalue weighted by atomic mass is 79.9. The lowest BCUT2D eigenvalue weighted by Crippen LogP contribution is -1.99. The molecule has 0 radical (unpaired) electrons. The lowest BCUT2D eigenvalue weighted by atomic mass is 10.3. The lowest BCUT2D eigenvalue weighted by Gasteiger charge is -2.07. The maximum atomic E-state index is 10.8. The molecule has 3 N–H and O–H groups in total. The molecular weight excluding hydrogens is 344 g/mol. The maximum absolute atomic E-state index is 10.8. The van der Waals surface area contributed by atoms with Crippen LogP contribution in [0.15, 0.2) is 29.0 Å². The standard InChI is InChI=1S/C11H7BrN6O3/c12-6-2-1-5(18(19)20)3-7(6)21-10-8-9(15-4-14-8)16-11(13)17-10/h1-4H,(H3,13,14,15,16,17). The van der Waals surface area contributed by atoms with E-state index in [1.165, 1.54) is 24.5 Å². The van der Waals surface area contributed by atoms with Gasteiger partial charge in [-0.3, -0.25) is 10.1 Å². The molecule has 0 fully saturated rings. The van der Waals surface area contributed by atoms with Crippen molar-refractivity contribution in [3.8, 4) is 11.6 Å². The number of fused-ring (bicyclic) bond motifs is 1. The number of nitro groups is 1. The van der Waals surface area contributed by atoms with Crippen LogP contribution < -0.4 is 10.5 Å². The monoisotopic (exact) mass is 350 g/mol. The third kappa shape index (κ3) is 2.48. The molecule has 0 bridgehead atoms. The van der Waals surface area contributed by atoms with Gasteiger partial charge in [0.15, 0.2) is 11.4 Å². The van der Waals surface area contributed by atoms with Crippen molar-refractivity contribution in [2.45, 2.75) is 0 Å². The molecule has 2 heterocycles. The van der Waals surface area contributed by atoms with E-state index in [0.717, 1.165) is 0 Å². The molecule has 106 valence electrons. The van der Waals surface area contributed by atoms with Crippen molar-refractivity contribution in [2.75, 3.05) is 5.73 Å². The highest BCUT2D eigenvalue weighted by molar-refractivity contribution is 9.10. The van der Waals surface area contributed by atoms with Crippen molar-refractivity contribution >= 4 is 38.7 Å². The summed E-state index contributed by atoms with van der Waals surface area (Å²) in [7, 11) is 0. The fraction of sp³-hybridized carbons (Fsp3) is 0. The molecule has 1 aromatic carbocycles. The zero-order chi connectivity index (χ0) is 15.0. The van der Waals surface area contributed by atoms with Gasteiger partial charge in [-0.05, 0) is 22.0 Å². The predicted octanol–water partition coefficient (Wildman–Crippen LogP) is 2.40. The molecule has 2 aromatic heterocycles. The van der Waals surface area contributed by atoms with Crippen LogP contribution in [-0.4, -0.2) is 24.9 Å². The van der Waals surface area contributed by atoms with Crippen molar-refractivity contribution in [3.05, 3.63) is 39.1 Å². The zero-order valence-corrected chi connectivity index (χ0v) is 11.9. The van der Waals surface area contributed by atoms with E-state index in [0.29, 0.717) is 15.6 Å². The number of H-pyrrole nitrogens is 1. The Labute approximate surface area is 125 Å².